The molecule has 0 spiro atoms. The number of aryl methyl sites for hydroxylation is 1. The molecular formula is C29H35ClN8O3. The molecule has 2 amide bonds. The fraction of sp³-hybridized carbons (Fsp3) is 0.379. The van der Waals surface area contributed by atoms with Crippen LogP contribution in [-0.2, 0) is 29.1 Å². The highest BCUT2D eigenvalue weighted by Gasteiger charge is 2.28. The number of hydrogen-bond donors (Lipinski definition) is 4. The fourth-order valence-corrected chi connectivity index (χ4v) is 5.02. The van der Waals surface area contributed by atoms with Crippen LogP contribution in [0.4, 0.5) is 0 Å². The summed E-state index contributed by atoms with van der Waals surface area (Å²) in [5.74, 6) is -0.717. The van der Waals surface area contributed by atoms with Gasteiger partial charge >= 0.3 is 0 Å². The van der Waals surface area contributed by atoms with Crippen LogP contribution in [0.15, 0.2) is 48.5 Å². The number of nitrogens with one attached hydrogen (secondary N) is 3. The lowest BCUT2D eigenvalue weighted by Crippen LogP contribution is -2.41. The average Bonchev–Trinajstić information content (AvgIpc) is 3.61. The van der Waals surface area contributed by atoms with Crippen LogP contribution in [0.3, 0.4) is 0 Å². The lowest BCUT2D eigenvalue weighted by molar-refractivity contribution is -0.141. The third kappa shape index (κ3) is 7.36. The van der Waals surface area contributed by atoms with E-state index in [9.17, 15) is 9.59 Å². The number of carbonyl (C=O) groups excluding carboxylic acids is 2. The lowest BCUT2D eigenvalue weighted by atomic mass is 9.95. The van der Waals surface area contributed by atoms with Crippen molar-refractivity contribution in [2.75, 3.05) is 0 Å². The molecule has 0 radical (unpaired) electrons. The van der Waals surface area contributed by atoms with Crippen molar-refractivity contribution in [2.45, 2.75) is 59.5 Å². The number of hydroxylamine groups is 1. The third-order valence-corrected chi connectivity index (χ3v) is 7.17. The zero-order chi connectivity index (χ0) is 29.4. The molecule has 1 atom stereocenters. The maximum absolute atomic E-state index is 12.9. The Hall–Kier alpha value is -4.09. The van der Waals surface area contributed by atoms with E-state index in [2.05, 4.69) is 50.0 Å². The number of imidazole rings is 1. The summed E-state index contributed by atoms with van der Waals surface area (Å²) in [6.07, 6.45) is 2.98. The second-order valence-electron chi connectivity index (χ2n) is 10.3. The molecule has 41 heavy (non-hydrogen) atoms. The molecule has 0 fully saturated rings. The summed E-state index contributed by atoms with van der Waals surface area (Å²) in [4.78, 5) is 29.7. The van der Waals surface area contributed by atoms with Crippen molar-refractivity contribution in [3.05, 3.63) is 70.8 Å². The second kappa shape index (κ2) is 14.0. The van der Waals surface area contributed by atoms with Crippen molar-refractivity contribution in [2.24, 2.45) is 11.8 Å². The minimum Gasteiger partial charge on any atom is -0.350 e. The quantitative estimate of drug-likeness (QED) is 0.103. The van der Waals surface area contributed by atoms with Crippen molar-refractivity contribution in [1.29, 1.82) is 0 Å². The summed E-state index contributed by atoms with van der Waals surface area (Å²) in [7, 11) is 0. The van der Waals surface area contributed by atoms with Crippen molar-refractivity contribution in [3.8, 4) is 22.5 Å². The Morgan fingerprint density at radius 2 is 1.80 bits per heavy atom. The molecule has 4 aromatic rings. The molecular weight excluding hydrogens is 544 g/mol. The van der Waals surface area contributed by atoms with E-state index in [1.165, 1.54) is 0 Å². The van der Waals surface area contributed by atoms with Gasteiger partial charge in [-0.1, -0.05) is 87.3 Å². The van der Waals surface area contributed by atoms with E-state index >= 15 is 0 Å². The van der Waals surface area contributed by atoms with Crippen LogP contribution in [0.25, 0.3) is 22.5 Å². The topological polar surface area (TPSA) is 151 Å². The molecule has 1 unspecified atom stereocenters. The van der Waals surface area contributed by atoms with E-state index in [-0.39, 0.29) is 12.5 Å². The van der Waals surface area contributed by atoms with E-state index in [0.29, 0.717) is 29.6 Å². The van der Waals surface area contributed by atoms with Gasteiger partial charge in [-0.2, -0.15) is 0 Å². The number of hydrogen-bond acceptors (Lipinski definition) is 7. The van der Waals surface area contributed by atoms with Gasteiger partial charge in [0.05, 0.1) is 12.2 Å². The molecule has 216 valence electrons. The first-order chi connectivity index (χ1) is 19.8. The standard InChI is InChI=1S/C29H35ClN8O3/c1-4-5-10-25-32-26(30)24(16-31-28(39)23(15-18(2)3)29(40)35-41)38(25)17-19-11-13-20(14-12-19)21-8-6-7-9-22(21)27-33-36-37-34-27/h6-9,11-14,18,23,41H,4-5,10,15-17H2,1-3H3,(H,31,39)(H,35,40)(H,33,34,36,37). The number of benzene rings is 2. The predicted octanol–water partition coefficient (Wildman–Crippen LogP) is 4.56. The smallest absolute Gasteiger partial charge is 0.255 e. The first-order valence-corrected chi connectivity index (χ1v) is 14.1. The molecule has 0 aliphatic carbocycles. The van der Waals surface area contributed by atoms with Gasteiger partial charge in [0.25, 0.3) is 5.91 Å². The van der Waals surface area contributed by atoms with Gasteiger partial charge in [0.2, 0.25) is 5.91 Å². The number of carbonyl (C=O) groups is 2. The largest absolute Gasteiger partial charge is 0.350 e. The zero-order valence-electron chi connectivity index (χ0n) is 23.4. The number of H-pyrrole nitrogens is 1. The minimum absolute atomic E-state index is 0.0835. The van der Waals surface area contributed by atoms with E-state index in [1.807, 2.05) is 54.8 Å². The fourth-order valence-electron chi connectivity index (χ4n) is 4.75. The molecule has 4 rings (SSSR count). The summed E-state index contributed by atoms with van der Waals surface area (Å²) in [5, 5.41) is 26.5. The second-order valence-corrected chi connectivity index (χ2v) is 10.7. The van der Waals surface area contributed by atoms with Gasteiger partial charge in [-0.15, -0.1) is 5.10 Å². The molecule has 12 heteroatoms. The minimum atomic E-state index is -1.02. The van der Waals surface area contributed by atoms with Crippen LogP contribution in [0.1, 0.15) is 57.1 Å². The van der Waals surface area contributed by atoms with Gasteiger partial charge in [-0.05, 0) is 45.9 Å². The van der Waals surface area contributed by atoms with Crippen LogP contribution in [0.5, 0.6) is 0 Å². The van der Waals surface area contributed by atoms with Gasteiger partial charge in [-0.3, -0.25) is 14.8 Å². The van der Waals surface area contributed by atoms with Crippen LogP contribution < -0.4 is 10.8 Å². The normalized spacial score (nSPS) is 12.0. The van der Waals surface area contributed by atoms with Gasteiger partial charge in [0.1, 0.15) is 11.7 Å². The Bertz CT molecular complexity index is 1450. The third-order valence-electron chi connectivity index (χ3n) is 6.87. The first-order valence-electron chi connectivity index (χ1n) is 13.7. The maximum atomic E-state index is 12.9. The molecule has 2 aromatic heterocycles. The highest BCUT2D eigenvalue weighted by Crippen LogP contribution is 2.30. The van der Waals surface area contributed by atoms with Crippen molar-refractivity contribution in [3.63, 3.8) is 0 Å². The molecule has 4 N–H and O–H groups in total. The highest BCUT2D eigenvalue weighted by atomic mass is 35.5. The molecule has 11 nitrogen and oxygen atoms in total. The predicted molar refractivity (Wildman–Crippen MR) is 155 cm³/mol. The SMILES string of the molecule is CCCCc1nc(Cl)c(CNC(=O)C(CC(C)C)C(=O)NO)n1Cc1ccc(-c2ccccc2-c2nnn[nH]2)cc1. The van der Waals surface area contributed by atoms with E-state index in [0.717, 1.165) is 47.3 Å². The average molecular weight is 579 g/mol. The molecule has 0 bridgehead atoms. The highest BCUT2D eigenvalue weighted by molar-refractivity contribution is 6.30. The van der Waals surface area contributed by atoms with Crippen LogP contribution in [0.2, 0.25) is 5.15 Å². The van der Waals surface area contributed by atoms with Crippen LogP contribution in [0, 0.1) is 11.8 Å². The summed E-state index contributed by atoms with van der Waals surface area (Å²) in [6, 6.07) is 16.1. The number of nitrogens with zero attached hydrogens (tertiary/aromatic N) is 5. The summed E-state index contributed by atoms with van der Waals surface area (Å²) < 4.78 is 2.03. The van der Waals surface area contributed by atoms with Gasteiger partial charge in [0.15, 0.2) is 11.0 Å². The number of rotatable bonds is 13. The number of halogens is 1. The summed E-state index contributed by atoms with van der Waals surface area (Å²) in [5.41, 5.74) is 6.21. The summed E-state index contributed by atoms with van der Waals surface area (Å²) in [6.45, 7) is 6.53. The van der Waals surface area contributed by atoms with Crippen molar-refractivity contribution >= 4 is 23.4 Å². The Kier molecular flexibility index (Phi) is 10.2. The van der Waals surface area contributed by atoms with Gasteiger partial charge in [-0.25, -0.2) is 15.6 Å². The number of amides is 2. The van der Waals surface area contributed by atoms with Crippen molar-refractivity contribution < 1.29 is 14.8 Å². The number of unbranched alkanes of at least 4 members (excludes halogenated alkanes) is 1. The number of tetrazole rings is 1. The zero-order valence-corrected chi connectivity index (χ0v) is 24.1. The molecule has 2 aromatic carbocycles. The van der Waals surface area contributed by atoms with E-state index in [1.54, 1.807) is 5.48 Å². The molecule has 0 aliphatic rings. The Balaban J connectivity index is 1.57. The van der Waals surface area contributed by atoms with E-state index in [4.69, 9.17) is 16.8 Å². The Labute approximate surface area is 243 Å². The number of aromatic nitrogens is 6. The van der Waals surface area contributed by atoms with Crippen molar-refractivity contribution in [1.82, 2.24) is 41.0 Å². The Morgan fingerprint density at radius 3 is 2.44 bits per heavy atom. The molecule has 0 saturated heterocycles. The molecule has 2 heterocycles. The number of aromatic amines is 1. The van der Waals surface area contributed by atoms with Gasteiger partial charge in [0, 0.05) is 18.5 Å². The van der Waals surface area contributed by atoms with Crippen LogP contribution in [-0.4, -0.2) is 47.2 Å². The molecule has 0 saturated carbocycles. The van der Waals surface area contributed by atoms with Gasteiger partial charge < -0.3 is 9.88 Å². The molecule has 0 aliphatic heterocycles. The lowest BCUT2D eigenvalue weighted by Gasteiger charge is -2.18. The maximum Gasteiger partial charge on any atom is 0.255 e. The first kappa shape index (κ1) is 29.9. The Morgan fingerprint density at radius 1 is 1.07 bits per heavy atom. The van der Waals surface area contributed by atoms with E-state index < -0.39 is 17.7 Å². The monoisotopic (exact) mass is 578 g/mol. The van der Waals surface area contributed by atoms with Crippen LogP contribution >= 0.6 is 11.6 Å². The summed E-state index contributed by atoms with van der Waals surface area (Å²) >= 11 is 6.58.